The third-order valence-corrected chi connectivity index (χ3v) is 0.805. The molecule has 0 rings (SSSR count). The smallest absolute Gasteiger partial charge is 0.267 e. The van der Waals surface area contributed by atoms with E-state index in [1.807, 2.05) is 0 Å². The van der Waals surface area contributed by atoms with E-state index < -0.39 is 21.1 Å². The largest absolute Gasteiger partial charge is 0.285 e. The first-order valence-electron chi connectivity index (χ1n) is 1.28. The fourth-order valence-electron chi connectivity index (χ4n) is 0.0227. The predicted octanol–water partition coefficient (Wildman–Crippen LogP) is -1.22. The van der Waals surface area contributed by atoms with E-state index in [1.54, 1.807) is 0 Å². The van der Waals surface area contributed by atoms with Crippen molar-refractivity contribution in [2.75, 3.05) is 0 Å². The highest BCUT2D eigenvalue weighted by molar-refractivity contribution is 8.15. The van der Waals surface area contributed by atoms with E-state index in [9.17, 15) is 18.0 Å². The van der Waals surface area contributed by atoms with Crippen LogP contribution in [-0.2, 0) is 19.4 Å². The molecule has 5 heteroatoms. The summed E-state index contributed by atoms with van der Waals surface area (Å²) in [7, 11) is -4.02. The normalized spacial score (nSPS) is 10.3. The topological polar surface area (TPSA) is 68.3 Å². The van der Waals surface area contributed by atoms with Crippen molar-refractivity contribution in [3.8, 4) is 0 Å². The lowest BCUT2D eigenvalue weighted by molar-refractivity contribution is 0.549. The molecule has 0 heterocycles. The first-order chi connectivity index (χ1) is 3.12. The molecule has 0 aromatic carbocycles. The maximum absolute atomic E-state index is 9.63. The summed E-state index contributed by atoms with van der Waals surface area (Å²) >= 11 is 0. The van der Waals surface area contributed by atoms with Crippen LogP contribution < -0.4 is 0 Å². The molecular weight excluding hydrogens is 120 g/mol. The molecule has 0 aliphatic heterocycles. The van der Waals surface area contributed by atoms with Crippen molar-refractivity contribution in [3.63, 3.8) is 0 Å². The summed E-state index contributed by atoms with van der Waals surface area (Å²) in [6.07, 6.45) is 0. The SMILES string of the molecule is O=CS(=O)(=O)C=O. The standard InChI is InChI=1S/C2H2O4S/c3-1-7(5,6)2-4/h1-2H. The molecule has 0 aromatic rings. The van der Waals surface area contributed by atoms with E-state index in [4.69, 9.17) is 0 Å². The van der Waals surface area contributed by atoms with Gasteiger partial charge in [-0.15, -0.1) is 0 Å². The molecule has 4 nitrogen and oxygen atoms in total. The molecule has 0 N–H and O–H groups in total. The average molecular weight is 122 g/mol. The number of hydrogen-bond donors (Lipinski definition) is 0. The number of carbonyl (C=O) groups excluding carboxylic acids is 2. The minimum Gasteiger partial charge on any atom is -0.285 e. The first-order valence-corrected chi connectivity index (χ1v) is 2.89. The molecule has 0 amide bonds. The van der Waals surface area contributed by atoms with E-state index in [0.717, 1.165) is 0 Å². The van der Waals surface area contributed by atoms with Gasteiger partial charge in [-0.3, -0.25) is 9.59 Å². The summed E-state index contributed by atoms with van der Waals surface area (Å²) in [5.41, 5.74) is -0.806. The molecule has 0 aliphatic rings. The molecule has 0 aliphatic carbocycles. The summed E-state index contributed by atoms with van der Waals surface area (Å²) in [6, 6.07) is 0. The zero-order valence-electron chi connectivity index (χ0n) is 3.20. The van der Waals surface area contributed by atoms with Crippen LogP contribution in [-0.4, -0.2) is 19.7 Å². The molecule has 40 valence electrons. The molecule has 0 saturated heterocycles. The van der Waals surface area contributed by atoms with Crippen molar-refractivity contribution in [2.45, 2.75) is 0 Å². The predicted molar refractivity (Wildman–Crippen MR) is 22.4 cm³/mol. The van der Waals surface area contributed by atoms with Gasteiger partial charge in [0.05, 0.1) is 0 Å². The lowest BCUT2D eigenvalue weighted by atomic mass is 11.8. The van der Waals surface area contributed by atoms with Crippen molar-refractivity contribution in [3.05, 3.63) is 0 Å². The molecule has 0 bridgehead atoms. The second-order valence-electron chi connectivity index (χ2n) is 0.781. The second kappa shape index (κ2) is 1.83. The quantitative estimate of drug-likeness (QED) is 0.430. The van der Waals surface area contributed by atoms with Crippen LogP contribution in [0.25, 0.3) is 0 Å². The van der Waals surface area contributed by atoms with Gasteiger partial charge in [0.15, 0.2) is 0 Å². The van der Waals surface area contributed by atoms with Crippen LogP contribution in [0.1, 0.15) is 0 Å². The Bertz CT molecular complexity index is 150. The van der Waals surface area contributed by atoms with Crippen LogP contribution in [0.15, 0.2) is 0 Å². The van der Waals surface area contributed by atoms with Crippen LogP contribution in [0, 0.1) is 0 Å². The highest BCUT2D eigenvalue weighted by atomic mass is 32.2. The Morgan fingerprint density at radius 1 is 1.00 bits per heavy atom. The van der Waals surface area contributed by atoms with Gasteiger partial charge >= 0.3 is 0 Å². The van der Waals surface area contributed by atoms with Crippen molar-refractivity contribution in [1.82, 2.24) is 0 Å². The minimum absolute atomic E-state index is 0.403. The number of sulfone groups is 1. The summed E-state index contributed by atoms with van der Waals surface area (Å²) in [4.78, 5) is 18.5. The zero-order chi connectivity index (χ0) is 5.91. The summed E-state index contributed by atoms with van der Waals surface area (Å²) < 4.78 is 19.3. The third-order valence-electron chi connectivity index (χ3n) is 0.268. The fourth-order valence-corrected chi connectivity index (χ4v) is 0.0680. The van der Waals surface area contributed by atoms with E-state index in [0.29, 0.717) is 0 Å². The molecule has 0 aromatic heterocycles. The Kier molecular flexibility index (Phi) is 1.65. The molecule has 0 spiro atoms. The average Bonchev–Trinajstić information content (AvgIpc) is 1.68. The number of carbonyl (C=O) groups is 2. The molecule has 0 saturated carbocycles. The van der Waals surface area contributed by atoms with Crippen LogP contribution in [0.2, 0.25) is 0 Å². The number of rotatable bonds is 2. The first kappa shape index (κ1) is 6.29. The second-order valence-corrected chi connectivity index (χ2v) is 2.34. The van der Waals surface area contributed by atoms with Gasteiger partial charge in [-0.1, -0.05) is 0 Å². The van der Waals surface area contributed by atoms with Crippen LogP contribution in [0.3, 0.4) is 0 Å². The maximum atomic E-state index is 9.63. The summed E-state index contributed by atoms with van der Waals surface area (Å²) in [5, 5.41) is 0. The molecule has 7 heavy (non-hydrogen) atoms. The molecule has 0 atom stereocenters. The fraction of sp³-hybridized carbons (Fsp3) is 0. The van der Waals surface area contributed by atoms with Gasteiger partial charge in [0.2, 0.25) is 11.2 Å². The lowest BCUT2D eigenvalue weighted by Gasteiger charge is -1.68. The Balaban J connectivity index is 4.49. The van der Waals surface area contributed by atoms with Crippen molar-refractivity contribution in [2.24, 2.45) is 0 Å². The van der Waals surface area contributed by atoms with Crippen LogP contribution >= 0.6 is 0 Å². The van der Waals surface area contributed by atoms with Gasteiger partial charge in [0.25, 0.3) is 9.84 Å². The van der Waals surface area contributed by atoms with Crippen LogP contribution in [0.5, 0.6) is 0 Å². The Hall–Kier alpha value is -0.710. The maximum Gasteiger partial charge on any atom is 0.267 e. The highest BCUT2D eigenvalue weighted by Gasteiger charge is 2.01. The van der Waals surface area contributed by atoms with Crippen molar-refractivity contribution < 1.29 is 18.0 Å². The van der Waals surface area contributed by atoms with Crippen molar-refractivity contribution >= 4 is 21.1 Å². The van der Waals surface area contributed by atoms with E-state index in [1.165, 1.54) is 0 Å². The van der Waals surface area contributed by atoms with Gasteiger partial charge in [0.1, 0.15) is 0 Å². The van der Waals surface area contributed by atoms with Crippen molar-refractivity contribution in [1.29, 1.82) is 0 Å². The molecule has 0 unspecified atom stereocenters. The monoisotopic (exact) mass is 122 g/mol. The molecule has 0 radical (unpaired) electrons. The Labute approximate surface area is 40.1 Å². The molecule has 0 fully saturated rings. The van der Waals surface area contributed by atoms with Gasteiger partial charge in [-0.25, -0.2) is 8.42 Å². The van der Waals surface area contributed by atoms with Crippen LogP contribution in [0.4, 0.5) is 0 Å². The van der Waals surface area contributed by atoms with E-state index in [-0.39, 0.29) is 0 Å². The van der Waals surface area contributed by atoms with Gasteiger partial charge < -0.3 is 0 Å². The number of hydrogen-bond acceptors (Lipinski definition) is 4. The highest BCUT2D eigenvalue weighted by Crippen LogP contribution is 1.68. The van der Waals surface area contributed by atoms with E-state index in [2.05, 4.69) is 0 Å². The Morgan fingerprint density at radius 2 is 1.29 bits per heavy atom. The minimum atomic E-state index is -4.02. The van der Waals surface area contributed by atoms with Gasteiger partial charge in [-0.2, -0.15) is 0 Å². The van der Waals surface area contributed by atoms with Gasteiger partial charge in [0, 0.05) is 0 Å². The lowest BCUT2D eigenvalue weighted by Crippen LogP contribution is -1.99. The third kappa shape index (κ3) is 2.05. The summed E-state index contributed by atoms with van der Waals surface area (Å²) in [6.45, 7) is 0. The zero-order valence-corrected chi connectivity index (χ0v) is 4.01. The summed E-state index contributed by atoms with van der Waals surface area (Å²) in [5.74, 6) is 0. The molecular formula is C2H2O4S. The van der Waals surface area contributed by atoms with E-state index >= 15 is 0 Å². The Morgan fingerprint density at radius 3 is 1.29 bits per heavy atom. The van der Waals surface area contributed by atoms with Gasteiger partial charge in [-0.05, 0) is 0 Å².